The monoisotopic (exact) mass is 823 g/mol. The topological polar surface area (TPSA) is 0 Å². The lowest BCUT2D eigenvalue weighted by atomic mass is 9.62. The first-order chi connectivity index (χ1) is 28.9. The van der Waals surface area contributed by atoms with E-state index in [2.05, 4.69) is 208 Å². The van der Waals surface area contributed by atoms with Crippen molar-refractivity contribution in [3.63, 3.8) is 0 Å². The van der Waals surface area contributed by atoms with Crippen LogP contribution in [0.15, 0.2) is 103 Å². The minimum absolute atomic E-state index is 0.592. The summed E-state index contributed by atoms with van der Waals surface area (Å²) in [6.07, 6.45) is 16.5. The fourth-order valence-corrected chi connectivity index (χ4v) is 11.0. The van der Waals surface area contributed by atoms with E-state index in [0.717, 1.165) is 47.3 Å². The Hall–Kier alpha value is -3.38. The van der Waals surface area contributed by atoms with Crippen LogP contribution in [-0.4, -0.2) is 0 Å². The third kappa shape index (κ3) is 13.8. The third-order valence-corrected chi connectivity index (χ3v) is 13.9. The van der Waals surface area contributed by atoms with E-state index in [1.165, 1.54) is 78.0 Å². The van der Waals surface area contributed by atoms with Gasteiger partial charge in [0.25, 0.3) is 0 Å². The van der Waals surface area contributed by atoms with Crippen molar-refractivity contribution in [2.75, 3.05) is 0 Å². The molecule has 4 unspecified atom stereocenters. The van der Waals surface area contributed by atoms with Crippen LogP contribution >= 0.6 is 0 Å². The van der Waals surface area contributed by atoms with Gasteiger partial charge in [0.1, 0.15) is 0 Å². The van der Waals surface area contributed by atoms with E-state index in [0.29, 0.717) is 23.7 Å². The van der Waals surface area contributed by atoms with Crippen LogP contribution in [0, 0.1) is 47.3 Å². The Morgan fingerprint density at radius 3 is 1.75 bits per heavy atom. The summed E-state index contributed by atoms with van der Waals surface area (Å²) in [7, 11) is 0. The van der Waals surface area contributed by atoms with E-state index >= 15 is 0 Å². The standard InChI is InChI=1S/C17H22.C16H26.C15H22.C13H20/c1-12(2)11-15-10-9-14-7-5-6-8-16(14)17(15)13(3)4;1-11(2)14-9-5-7-13-8-6-10-15(12(3)4)16(13)14;1-10(2)13-7-5-6-12-8-9-14(11(3)4)15(12)13;1-10(2)9-12-7-5-6-8-13(12)11(3)4/h5-10,12-13H,11H2,1-4H3;5,7,9,11-13,15-16H,6,8,10H2,1-4H3;5-7,10-11,14H,8-9H2,1-4H3;5-8,10-11H,9H2,1-4H3. The highest BCUT2D eigenvalue weighted by Gasteiger charge is 2.37. The van der Waals surface area contributed by atoms with Gasteiger partial charge >= 0.3 is 0 Å². The predicted octanol–water partition coefficient (Wildman–Crippen LogP) is 18.5. The minimum atomic E-state index is 0.592. The molecule has 334 valence electrons. The third-order valence-electron chi connectivity index (χ3n) is 13.9. The number of aryl methyl sites for hydroxylation is 1. The molecule has 0 radical (unpaired) electrons. The zero-order valence-electron chi connectivity index (χ0n) is 42.1. The molecule has 0 amide bonds. The average molecular weight is 823 g/mol. The molecular formula is C61H90. The Bertz CT molecular complexity index is 1970. The number of hydrogen-bond donors (Lipinski definition) is 0. The molecule has 1 fully saturated rings. The van der Waals surface area contributed by atoms with Gasteiger partial charge in [0.05, 0.1) is 0 Å². The fourth-order valence-electron chi connectivity index (χ4n) is 11.0. The van der Waals surface area contributed by atoms with Crippen LogP contribution < -0.4 is 0 Å². The fraction of sp³-hybridized carbons (Fsp3) is 0.574. The van der Waals surface area contributed by atoms with Crippen molar-refractivity contribution in [2.24, 2.45) is 47.3 Å². The molecule has 0 saturated heterocycles. The maximum absolute atomic E-state index is 2.46. The molecule has 0 heterocycles. The summed E-state index contributed by atoms with van der Waals surface area (Å²) in [5, 5.41) is 2.80. The lowest BCUT2D eigenvalue weighted by molar-refractivity contribution is 0.158. The van der Waals surface area contributed by atoms with Gasteiger partial charge in [0, 0.05) is 0 Å². The second-order valence-electron chi connectivity index (χ2n) is 21.8. The molecule has 4 aromatic carbocycles. The molecule has 4 atom stereocenters. The second kappa shape index (κ2) is 23.9. The summed E-state index contributed by atoms with van der Waals surface area (Å²) in [5.41, 5.74) is 12.7. The Balaban J connectivity index is 0.000000180. The Kier molecular flexibility index (Phi) is 19.7. The quantitative estimate of drug-likeness (QED) is 0.149. The van der Waals surface area contributed by atoms with Crippen LogP contribution in [0.2, 0.25) is 0 Å². The maximum Gasteiger partial charge on any atom is -0.0104 e. The first-order valence-corrected chi connectivity index (χ1v) is 25.0. The SMILES string of the molecule is CC(C)C1=CC=CC2CCCC(C(C)C)C12.CC(C)Cc1ccc2ccccc2c1C(C)C.CC(C)Cc1ccccc1C(C)C.CC(C)c1cccc2c1C(C(C)C)CC2. The lowest BCUT2D eigenvalue weighted by Gasteiger charge is -2.43. The molecule has 0 aliphatic heterocycles. The van der Waals surface area contributed by atoms with Gasteiger partial charge < -0.3 is 0 Å². The van der Waals surface area contributed by atoms with E-state index < -0.39 is 0 Å². The first kappa shape index (κ1) is 50.3. The van der Waals surface area contributed by atoms with Crippen LogP contribution in [0.25, 0.3) is 10.8 Å². The van der Waals surface area contributed by atoms with Crippen molar-refractivity contribution in [1.29, 1.82) is 0 Å². The molecular weight excluding hydrogens is 733 g/mol. The number of allylic oxidation sites excluding steroid dienone is 4. The highest BCUT2D eigenvalue weighted by Crippen LogP contribution is 2.47. The summed E-state index contributed by atoms with van der Waals surface area (Å²) in [5.74, 6) is 9.11. The molecule has 61 heavy (non-hydrogen) atoms. The largest absolute Gasteiger partial charge is 0.0808 e. The molecule has 7 rings (SSSR count). The molecule has 0 bridgehead atoms. The lowest BCUT2D eigenvalue weighted by Crippen LogP contribution is -2.34. The van der Waals surface area contributed by atoms with Crippen molar-refractivity contribution < 1.29 is 0 Å². The zero-order chi connectivity index (χ0) is 45.0. The van der Waals surface area contributed by atoms with Gasteiger partial charge in [-0.2, -0.15) is 0 Å². The number of rotatable bonds is 10. The van der Waals surface area contributed by atoms with Crippen molar-refractivity contribution >= 4 is 10.8 Å². The summed E-state index contributed by atoms with van der Waals surface area (Å²) < 4.78 is 0. The summed E-state index contributed by atoms with van der Waals surface area (Å²) >= 11 is 0. The van der Waals surface area contributed by atoms with E-state index in [-0.39, 0.29) is 0 Å². The molecule has 1 saturated carbocycles. The highest BCUT2D eigenvalue weighted by molar-refractivity contribution is 5.87. The van der Waals surface area contributed by atoms with Gasteiger partial charge in [-0.1, -0.05) is 220 Å². The van der Waals surface area contributed by atoms with Gasteiger partial charge in [-0.05, 0) is 159 Å². The van der Waals surface area contributed by atoms with E-state index in [9.17, 15) is 0 Å². The van der Waals surface area contributed by atoms with E-state index in [1.807, 2.05) is 0 Å². The maximum atomic E-state index is 2.46. The van der Waals surface area contributed by atoms with Gasteiger partial charge in [-0.3, -0.25) is 0 Å². The van der Waals surface area contributed by atoms with Gasteiger partial charge in [0.15, 0.2) is 0 Å². The van der Waals surface area contributed by atoms with Gasteiger partial charge in [0.2, 0.25) is 0 Å². The second-order valence-corrected chi connectivity index (χ2v) is 21.8. The summed E-state index contributed by atoms with van der Waals surface area (Å²) in [6.45, 7) is 37.1. The molecule has 4 aromatic rings. The number of hydrogen-bond acceptors (Lipinski definition) is 0. The smallest absolute Gasteiger partial charge is 0.0104 e. The Labute approximate surface area is 377 Å². The van der Waals surface area contributed by atoms with E-state index in [1.54, 1.807) is 22.3 Å². The molecule has 0 N–H and O–H groups in total. The molecule has 3 aliphatic carbocycles. The van der Waals surface area contributed by atoms with Crippen LogP contribution in [0.5, 0.6) is 0 Å². The van der Waals surface area contributed by atoms with Crippen molar-refractivity contribution in [3.05, 3.63) is 142 Å². The minimum Gasteiger partial charge on any atom is -0.0808 e. The van der Waals surface area contributed by atoms with Crippen LogP contribution in [0.3, 0.4) is 0 Å². The van der Waals surface area contributed by atoms with Gasteiger partial charge in [-0.25, -0.2) is 0 Å². The Morgan fingerprint density at radius 1 is 0.525 bits per heavy atom. The first-order valence-electron chi connectivity index (χ1n) is 25.0. The van der Waals surface area contributed by atoms with Crippen molar-refractivity contribution in [3.8, 4) is 0 Å². The van der Waals surface area contributed by atoms with Crippen LogP contribution in [0.4, 0.5) is 0 Å². The number of fused-ring (bicyclic) bond motifs is 3. The molecule has 0 aromatic heterocycles. The number of benzene rings is 4. The molecule has 0 nitrogen and oxygen atoms in total. The Morgan fingerprint density at radius 2 is 1.15 bits per heavy atom. The molecule has 0 heteroatoms. The normalized spacial score (nSPS) is 19.5. The van der Waals surface area contributed by atoms with Crippen molar-refractivity contribution in [2.45, 2.75) is 179 Å². The van der Waals surface area contributed by atoms with Gasteiger partial charge in [-0.15, -0.1) is 0 Å². The molecule has 3 aliphatic rings. The summed E-state index contributed by atoms with van der Waals surface area (Å²) in [4.78, 5) is 0. The average Bonchev–Trinajstić information content (AvgIpc) is 3.65. The van der Waals surface area contributed by atoms with E-state index in [4.69, 9.17) is 0 Å². The van der Waals surface area contributed by atoms with Crippen molar-refractivity contribution in [1.82, 2.24) is 0 Å². The predicted molar refractivity (Wildman–Crippen MR) is 273 cm³/mol. The van der Waals surface area contributed by atoms with Crippen LogP contribution in [-0.2, 0) is 19.3 Å². The summed E-state index contributed by atoms with van der Waals surface area (Å²) in [6, 6.07) is 29.0. The highest BCUT2D eigenvalue weighted by atomic mass is 14.4. The zero-order valence-corrected chi connectivity index (χ0v) is 42.1. The molecule has 0 spiro atoms. The van der Waals surface area contributed by atoms with Crippen LogP contribution in [0.1, 0.15) is 199 Å².